The number of hydrogen-bond acceptors (Lipinski definition) is 4. The molecule has 0 amide bonds. The van der Waals surface area contributed by atoms with Gasteiger partial charge in [0, 0.05) is 23.4 Å². The van der Waals surface area contributed by atoms with Crippen LogP contribution in [0.1, 0.15) is 33.0 Å². The Hall–Kier alpha value is -1.90. The number of fused-ring (bicyclic) bond motifs is 3. The fraction of sp³-hybridized carbons (Fsp3) is 0.333. The van der Waals surface area contributed by atoms with Gasteiger partial charge in [-0.2, -0.15) is 5.10 Å². The van der Waals surface area contributed by atoms with Gasteiger partial charge in [0.1, 0.15) is 0 Å². The van der Waals surface area contributed by atoms with Gasteiger partial charge in [-0.25, -0.2) is 8.78 Å². The van der Waals surface area contributed by atoms with Gasteiger partial charge in [-0.1, -0.05) is 6.07 Å². The molecule has 3 heterocycles. The summed E-state index contributed by atoms with van der Waals surface area (Å²) in [5.41, 5.74) is 8.59. The van der Waals surface area contributed by atoms with Crippen molar-refractivity contribution in [2.24, 2.45) is 11.7 Å². The Morgan fingerprint density at radius 2 is 2.14 bits per heavy atom. The van der Waals surface area contributed by atoms with E-state index >= 15 is 0 Å². The first-order chi connectivity index (χ1) is 14.0. The molecule has 1 aromatic carbocycles. The van der Waals surface area contributed by atoms with Crippen molar-refractivity contribution in [3.05, 3.63) is 61.9 Å². The van der Waals surface area contributed by atoms with Gasteiger partial charge in [-0.05, 0) is 71.4 Å². The Balaban J connectivity index is 1.53. The number of aryl methyl sites for hydroxylation is 2. The van der Waals surface area contributed by atoms with Crippen molar-refractivity contribution in [1.82, 2.24) is 9.78 Å². The van der Waals surface area contributed by atoms with Crippen molar-refractivity contribution in [2.75, 3.05) is 6.54 Å². The van der Waals surface area contributed by atoms with Crippen molar-refractivity contribution in [1.29, 1.82) is 0 Å². The Kier molecular flexibility index (Phi) is 5.94. The smallest absolute Gasteiger partial charge is 0.173 e. The Labute approximate surface area is 179 Å². The van der Waals surface area contributed by atoms with E-state index in [0.717, 1.165) is 41.2 Å². The third kappa shape index (κ3) is 4.20. The number of carbonyl (C=O) groups excluding carboxylic acids is 1. The fourth-order valence-electron chi connectivity index (χ4n) is 3.74. The Morgan fingerprint density at radius 1 is 1.31 bits per heavy atom. The highest BCUT2D eigenvalue weighted by Gasteiger charge is 2.24. The van der Waals surface area contributed by atoms with Crippen LogP contribution >= 0.6 is 27.3 Å². The lowest BCUT2D eigenvalue weighted by Gasteiger charge is -2.13. The van der Waals surface area contributed by atoms with Crippen molar-refractivity contribution >= 4 is 33.0 Å². The molecule has 152 valence electrons. The summed E-state index contributed by atoms with van der Waals surface area (Å²) in [5.74, 6) is -1.86. The highest BCUT2D eigenvalue weighted by Crippen LogP contribution is 2.39. The lowest BCUT2D eigenvalue weighted by atomic mass is 9.93. The lowest BCUT2D eigenvalue weighted by molar-refractivity contribution is 0.0966. The number of thiophene rings is 1. The number of ketones is 1. The van der Waals surface area contributed by atoms with Crippen LogP contribution in [0.25, 0.3) is 11.3 Å². The number of Topliss-reactive ketones (excluding diaryl/α,β-unsaturated/α-hetero) is 1. The van der Waals surface area contributed by atoms with Gasteiger partial charge in [0.15, 0.2) is 17.4 Å². The van der Waals surface area contributed by atoms with Crippen LogP contribution in [0.3, 0.4) is 0 Å². The molecule has 0 radical (unpaired) electrons. The van der Waals surface area contributed by atoms with Gasteiger partial charge in [-0.3, -0.25) is 9.48 Å². The van der Waals surface area contributed by atoms with E-state index in [1.165, 1.54) is 28.3 Å². The average Bonchev–Trinajstić information content (AvgIpc) is 3.23. The number of halogens is 3. The minimum Gasteiger partial charge on any atom is -0.330 e. The molecule has 0 aliphatic carbocycles. The predicted molar refractivity (Wildman–Crippen MR) is 113 cm³/mol. The largest absolute Gasteiger partial charge is 0.330 e. The fourth-order valence-corrected chi connectivity index (χ4v) is 5.40. The quantitative estimate of drug-likeness (QED) is 0.506. The highest BCUT2D eigenvalue weighted by molar-refractivity contribution is 9.10. The third-order valence-electron chi connectivity index (χ3n) is 5.22. The standard InChI is InChI=1S/C21H20BrF2N3OS/c22-15-11-26-27-5-1-2-19-14(21(15)27)9-20(29-19)18(28)8-13(10-25)6-12-3-4-16(23)17(24)7-12/h3-4,7,9,11,13H,1-2,5-6,8,10,25H2/t13-/m1/s1. The van der Waals surface area contributed by atoms with E-state index in [-0.39, 0.29) is 18.1 Å². The molecule has 0 bridgehead atoms. The highest BCUT2D eigenvalue weighted by atomic mass is 79.9. The average molecular weight is 480 g/mol. The van der Waals surface area contributed by atoms with Crippen LogP contribution < -0.4 is 5.73 Å². The SMILES string of the molecule is NC[C@@H](CC(=O)c1cc2c(s1)CCCn1ncc(Br)c1-2)Cc1ccc(F)c(F)c1. The molecule has 2 aromatic heterocycles. The maximum atomic E-state index is 13.5. The topological polar surface area (TPSA) is 60.9 Å². The maximum absolute atomic E-state index is 13.5. The third-order valence-corrected chi connectivity index (χ3v) is 7.04. The molecule has 4 nitrogen and oxygen atoms in total. The molecule has 1 atom stereocenters. The first-order valence-corrected chi connectivity index (χ1v) is 11.1. The number of aromatic nitrogens is 2. The number of benzene rings is 1. The van der Waals surface area contributed by atoms with Gasteiger partial charge in [0.05, 0.1) is 21.2 Å². The molecule has 2 N–H and O–H groups in total. The van der Waals surface area contributed by atoms with E-state index in [2.05, 4.69) is 21.0 Å². The lowest BCUT2D eigenvalue weighted by Crippen LogP contribution is -2.20. The zero-order valence-electron chi connectivity index (χ0n) is 15.6. The van der Waals surface area contributed by atoms with Crippen LogP contribution in [0.15, 0.2) is 34.9 Å². The van der Waals surface area contributed by atoms with Crippen molar-refractivity contribution in [3.63, 3.8) is 0 Å². The maximum Gasteiger partial charge on any atom is 0.173 e. The molecule has 0 unspecified atom stereocenters. The van der Waals surface area contributed by atoms with Crippen LogP contribution in [0.4, 0.5) is 8.78 Å². The summed E-state index contributed by atoms with van der Waals surface area (Å²) in [7, 11) is 0. The molecule has 1 aliphatic heterocycles. The summed E-state index contributed by atoms with van der Waals surface area (Å²) in [6, 6.07) is 5.78. The first-order valence-electron chi connectivity index (χ1n) is 9.48. The molecule has 4 rings (SSSR count). The molecule has 1 aliphatic rings. The van der Waals surface area contributed by atoms with E-state index in [0.29, 0.717) is 23.4 Å². The first kappa shape index (κ1) is 20.4. The van der Waals surface area contributed by atoms with Crippen LogP contribution in [-0.2, 0) is 19.4 Å². The minimum absolute atomic E-state index is 0.0308. The second kappa shape index (κ2) is 8.45. The van der Waals surface area contributed by atoms with Crippen LogP contribution in [0, 0.1) is 17.6 Å². The molecular formula is C21H20BrF2N3OS. The molecule has 0 saturated carbocycles. The van der Waals surface area contributed by atoms with Gasteiger partial charge >= 0.3 is 0 Å². The van der Waals surface area contributed by atoms with Gasteiger partial charge < -0.3 is 5.73 Å². The Bertz CT molecular complexity index is 1060. The van der Waals surface area contributed by atoms with E-state index in [1.54, 1.807) is 6.20 Å². The summed E-state index contributed by atoms with van der Waals surface area (Å²) in [6.45, 7) is 1.16. The van der Waals surface area contributed by atoms with Gasteiger partial charge in [0.2, 0.25) is 0 Å². The zero-order valence-corrected chi connectivity index (χ0v) is 18.0. The van der Waals surface area contributed by atoms with Gasteiger partial charge in [0.25, 0.3) is 0 Å². The summed E-state index contributed by atoms with van der Waals surface area (Å²) in [4.78, 5) is 14.9. The van der Waals surface area contributed by atoms with Crippen LogP contribution in [-0.4, -0.2) is 22.1 Å². The van der Waals surface area contributed by atoms with Crippen molar-refractivity contribution < 1.29 is 13.6 Å². The molecule has 0 fully saturated rings. The molecule has 0 spiro atoms. The van der Waals surface area contributed by atoms with Crippen LogP contribution in [0.2, 0.25) is 0 Å². The second-order valence-corrected chi connectivity index (χ2v) is 9.29. The number of carbonyl (C=O) groups is 1. The predicted octanol–water partition coefficient (Wildman–Crippen LogP) is 4.99. The zero-order chi connectivity index (χ0) is 20.5. The summed E-state index contributed by atoms with van der Waals surface area (Å²) < 4.78 is 29.5. The molecular weight excluding hydrogens is 460 g/mol. The van der Waals surface area contributed by atoms with E-state index < -0.39 is 11.6 Å². The summed E-state index contributed by atoms with van der Waals surface area (Å²) >= 11 is 5.10. The molecule has 0 saturated heterocycles. The molecule has 8 heteroatoms. The minimum atomic E-state index is -0.881. The van der Waals surface area contributed by atoms with E-state index in [4.69, 9.17) is 5.73 Å². The Morgan fingerprint density at radius 3 is 2.90 bits per heavy atom. The number of nitrogens with two attached hydrogens (primary N) is 1. The van der Waals surface area contributed by atoms with Crippen LogP contribution in [0.5, 0.6) is 0 Å². The normalized spacial score (nSPS) is 14.2. The summed E-state index contributed by atoms with van der Waals surface area (Å²) in [5, 5.41) is 4.41. The van der Waals surface area contributed by atoms with Gasteiger partial charge in [-0.15, -0.1) is 11.3 Å². The van der Waals surface area contributed by atoms with Crippen molar-refractivity contribution in [2.45, 2.75) is 32.2 Å². The number of rotatable bonds is 6. The summed E-state index contributed by atoms with van der Waals surface area (Å²) in [6.07, 6.45) is 4.39. The molecule has 29 heavy (non-hydrogen) atoms. The van der Waals surface area contributed by atoms with E-state index in [9.17, 15) is 13.6 Å². The second-order valence-electron chi connectivity index (χ2n) is 7.30. The van der Waals surface area contributed by atoms with Crippen molar-refractivity contribution in [3.8, 4) is 11.3 Å². The monoisotopic (exact) mass is 479 g/mol. The molecule has 3 aromatic rings. The number of hydrogen-bond donors (Lipinski definition) is 1. The van der Waals surface area contributed by atoms with E-state index in [1.807, 2.05) is 10.7 Å². The number of nitrogens with zero attached hydrogens (tertiary/aromatic N) is 2.